The van der Waals surface area contributed by atoms with E-state index in [0.717, 1.165) is 22.3 Å². The number of hydrogen-bond acceptors (Lipinski definition) is 8. The van der Waals surface area contributed by atoms with Crippen molar-refractivity contribution in [1.29, 1.82) is 0 Å². The van der Waals surface area contributed by atoms with Crippen molar-refractivity contribution in [3.8, 4) is 0 Å². The minimum Gasteiger partial charge on any atom is -0.465 e. The van der Waals surface area contributed by atoms with Crippen LogP contribution in [0.5, 0.6) is 0 Å². The monoisotopic (exact) mass is 771 g/mol. The van der Waals surface area contributed by atoms with E-state index in [1.54, 1.807) is 23.9 Å². The molecule has 4 aromatic carbocycles. The number of thioether (sulfide) groups is 1. The minimum absolute atomic E-state index is 0.128. The molecule has 294 valence electrons. The molecule has 0 bridgehead atoms. The molecule has 2 unspecified atom stereocenters. The Morgan fingerprint density at radius 1 is 0.655 bits per heavy atom. The second-order valence-corrected chi connectivity index (χ2v) is 15.0. The zero-order valence-corrected chi connectivity index (χ0v) is 33.1. The summed E-state index contributed by atoms with van der Waals surface area (Å²) in [5.41, 5.74) is 3.47. The lowest BCUT2D eigenvalue weighted by Gasteiger charge is -2.37. The lowest BCUT2D eigenvalue weighted by Crippen LogP contribution is -2.58. The molecule has 55 heavy (non-hydrogen) atoms. The van der Waals surface area contributed by atoms with E-state index in [1.165, 1.54) is 28.4 Å². The zero-order valence-electron chi connectivity index (χ0n) is 32.3. The largest absolute Gasteiger partial charge is 0.465 e. The van der Waals surface area contributed by atoms with Crippen LogP contribution in [0.1, 0.15) is 48.9 Å². The Kier molecular flexibility index (Phi) is 16.3. The Balaban J connectivity index is 1.66. The zero-order chi connectivity index (χ0) is 39.8. The van der Waals surface area contributed by atoms with E-state index in [2.05, 4.69) is 52.3 Å². The molecule has 0 aliphatic heterocycles. The summed E-state index contributed by atoms with van der Waals surface area (Å²) in [6.45, 7) is 3.65. The van der Waals surface area contributed by atoms with Gasteiger partial charge in [0.25, 0.3) is 0 Å². The predicted octanol–water partition coefficient (Wildman–Crippen LogP) is 7.06. The van der Waals surface area contributed by atoms with Crippen LogP contribution < -0.4 is 16.0 Å². The van der Waals surface area contributed by atoms with Gasteiger partial charge in [-0.1, -0.05) is 123 Å². The summed E-state index contributed by atoms with van der Waals surface area (Å²) in [6, 6.07) is 35.3. The van der Waals surface area contributed by atoms with Crippen molar-refractivity contribution >= 4 is 35.4 Å². The highest BCUT2D eigenvalue weighted by Crippen LogP contribution is 2.48. The van der Waals surface area contributed by atoms with Crippen molar-refractivity contribution in [1.82, 2.24) is 10.6 Å². The van der Waals surface area contributed by atoms with Crippen LogP contribution in [-0.2, 0) is 39.7 Å². The van der Waals surface area contributed by atoms with Crippen LogP contribution in [0.15, 0.2) is 115 Å². The molecule has 3 amide bonds. The van der Waals surface area contributed by atoms with E-state index < -0.39 is 52.7 Å². The predicted molar refractivity (Wildman–Crippen MR) is 216 cm³/mol. The van der Waals surface area contributed by atoms with Crippen LogP contribution in [0.4, 0.5) is 10.5 Å². The van der Waals surface area contributed by atoms with Gasteiger partial charge in [0, 0.05) is 47.0 Å². The molecular weight excluding hydrogens is 719 g/mol. The molecule has 0 saturated carbocycles. The second kappa shape index (κ2) is 20.8. The average molecular weight is 772 g/mol. The SMILES string of the molecule is COC(Cc1ccccc1NC(=O)C(NC(=O)C(CCSC(c1ccccc1)(c1ccccc1)c1ccccc1)NC(=O)O)C(C)(C)CC(OC)OC)OC. The van der Waals surface area contributed by atoms with Crippen molar-refractivity contribution < 1.29 is 38.4 Å². The number of carboxylic acid groups (broad SMARTS) is 1. The first-order chi connectivity index (χ1) is 26.5. The van der Waals surface area contributed by atoms with Gasteiger partial charge in [-0.2, -0.15) is 0 Å². The topological polar surface area (TPSA) is 144 Å². The number of anilines is 1. The third-order valence-corrected chi connectivity index (χ3v) is 11.2. The molecule has 0 radical (unpaired) electrons. The molecule has 0 fully saturated rings. The van der Waals surface area contributed by atoms with Gasteiger partial charge in [0.15, 0.2) is 12.6 Å². The normalized spacial score (nSPS) is 12.9. The van der Waals surface area contributed by atoms with Gasteiger partial charge in [-0.15, -0.1) is 11.8 Å². The number of hydrogen-bond donors (Lipinski definition) is 4. The number of benzene rings is 4. The Morgan fingerprint density at radius 3 is 1.60 bits per heavy atom. The average Bonchev–Trinajstić information content (AvgIpc) is 3.20. The van der Waals surface area contributed by atoms with Crippen molar-refractivity contribution in [2.75, 3.05) is 39.5 Å². The first-order valence-corrected chi connectivity index (χ1v) is 19.1. The standard InChI is InChI=1S/C43H53N3O8S/c1-42(2,29-37(53-5)54-6)38(40(48)44-34-25-17-16-18-30(34)28-36(51-3)52-4)46-39(47)35(45-41(49)50)26-27-55-43(31-19-10-7-11-20-31,32-21-12-8-13-22-32)33-23-14-9-15-24-33/h7-25,35-38,45H,26-29H2,1-6H3,(H,44,48)(H,46,47)(H,49,50). The van der Waals surface area contributed by atoms with Gasteiger partial charge in [0.2, 0.25) is 11.8 Å². The van der Waals surface area contributed by atoms with E-state index in [9.17, 15) is 19.5 Å². The van der Waals surface area contributed by atoms with Gasteiger partial charge < -0.3 is 40.0 Å². The fourth-order valence-electron chi connectivity index (χ4n) is 6.65. The highest BCUT2D eigenvalue weighted by Gasteiger charge is 2.41. The summed E-state index contributed by atoms with van der Waals surface area (Å²) in [5, 5.41) is 18.2. The summed E-state index contributed by atoms with van der Waals surface area (Å²) in [7, 11) is 6.08. The molecule has 0 heterocycles. The summed E-state index contributed by atoms with van der Waals surface area (Å²) in [6.07, 6.45) is -1.86. The van der Waals surface area contributed by atoms with E-state index >= 15 is 0 Å². The molecule has 0 saturated heterocycles. The molecule has 4 N–H and O–H groups in total. The van der Waals surface area contributed by atoms with Gasteiger partial charge in [-0.05, 0) is 45.9 Å². The molecule has 0 aliphatic carbocycles. The number of carbonyl (C=O) groups is 3. The van der Waals surface area contributed by atoms with Crippen LogP contribution >= 0.6 is 11.8 Å². The quantitative estimate of drug-likeness (QED) is 0.0517. The van der Waals surface area contributed by atoms with Gasteiger partial charge >= 0.3 is 6.09 Å². The molecule has 4 rings (SSSR count). The maximum Gasteiger partial charge on any atom is 0.405 e. The molecule has 0 aromatic heterocycles. The number of rotatable bonds is 21. The van der Waals surface area contributed by atoms with Gasteiger partial charge in [0.05, 0.1) is 4.75 Å². The van der Waals surface area contributed by atoms with Gasteiger partial charge in [-0.3, -0.25) is 9.59 Å². The highest BCUT2D eigenvalue weighted by molar-refractivity contribution is 8.00. The molecule has 11 nitrogen and oxygen atoms in total. The van der Waals surface area contributed by atoms with E-state index in [0.29, 0.717) is 17.9 Å². The van der Waals surface area contributed by atoms with E-state index in [-0.39, 0.29) is 12.8 Å². The lowest BCUT2D eigenvalue weighted by molar-refractivity contribution is -0.139. The minimum atomic E-state index is -1.36. The summed E-state index contributed by atoms with van der Waals surface area (Å²) in [4.78, 5) is 40.7. The smallest absolute Gasteiger partial charge is 0.405 e. The van der Waals surface area contributed by atoms with Crippen LogP contribution in [0, 0.1) is 5.41 Å². The number of methoxy groups -OCH3 is 4. The van der Waals surface area contributed by atoms with E-state index in [1.807, 2.05) is 80.6 Å². The highest BCUT2D eigenvalue weighted by atomic mass is 32.2. The first kappa shape index (κ1) is 43.0. The van der Waals surface area contributed by atoms with Gasteiger partial charge in [-0.25, -0.2) is 4.79 Å². The molecule has 12 heteroatoms. The van der Waals surface area contributed by atoms with Crippen LogP contribution in [0.2, 0.25) is 0 Å². The van der Waals surface area contributed by atoms with E-state index in [4.69, 9.17) is 18.9 Å². The number of nitrogens with one attached hydrogen (secondary N) is 3. The third kappa shape index (κ3) is 11.4. The molecule has 2 atom stereocenters. The number of amides is 3. The molecule has 0 aliphatic rings. The maximum absolute atomic E-state index is 14.3. The summed E-state index contributed by atoms with van der Waals surface area (Å²) < 4.78 is 21.1. The van der Waals surface area contributed by atoms with Crippen molar-refractivity contribution in [2.24, 2.45) is 5.41 Å². The van der Waals surface area contributed by atoms with Crippen molar-refractivity contribution in [3.05, 3.63) is 138 Å². The first-order valence-electron chi connectivity index (χ1n) is 18.1. The number of para-hydroxylation sites is 1. The van der Waals surface area contributed by atoms with Crippen molar-refractivity contribution in [3.63, 3.8) is 0 Å². The number of carbonyl (C=O) groups excluding carboxylic acids is 2. The molecule has 4 aromatic rings. The maximum atomic E-state index is 14.3. The summed E-state index contributed by atoms with van der Waals surface area (Å²) in [5.74, 6) is -0.761. The Morgan fingerprint density at radius 2 is 1.13 bits per heavy atom. The summed E-state index contributed by atoms with van der Waals surface area (Å²) >= 11 is 1.61. The molecule has 0 spiro atoms. The lowest BCUT2D eigenvalue weighted by atomic mass is 9.80. The Labute approximate surface area is 328 Å². The fraction of sp³-hybridized carbons (Fsp3) is 0.372. The second-order valence-electron chi connectivity index (χ2n) is 13.7. The van der Waals surface area contributed by atoms with Crippen LogP contribution in [0.25, 0.3) is 0 Å². The fourth-order valence-corrected chi connectivity index (χ4v) is 8.22. The Bertz CT molecular complexity index is 1690. The number of ether oxygens (including phenoxy) is 4. The van der Waals surface area contributed by atoms with Crippen LogP contribution in [-0.4, -0.2) is 81.9 Å². The van der Waals surface area contributed by atoms with Gasteiger partial charge in [0.1, 0.15) is 12.1 Å². The molecular formula is C43H53N3O8S. The van der Waals surface area contributed by atoms with Crippen LogP contribution in [0.3, 0.4) is 0 Å². The Hall–Kier alpha value is -4.72. The third-order valence-electron chi connectivity index (χ3n) is 9.62. The van der Waals surface area contributed by atoms with Crippen molar-refractivity contribution in [2.45, 2.75) is 62.5 Å².